The summed E-state index contributed by atoms with van der Waals surface area (Å²) in [6.45, 7) is 1.90. The van der Waals surface area contributed by atoms with Crippen LogP contribution in [0.5, 0.6) is 0 Å². The zero-order chi connectivity index (χ0) is 11.6. The molecule has 0 amide bonds. The Bertz CT molecular complexity index is 207. The van der Waals surface area contributed by atoms with Crippen LogP contribution in [-0.2, 0) is 14.3 Å². The molecule has 0 heterocycles. The molecule has 84 valence electrons. The van der Waals surface area contributed by atoms with Gasteiger partial charge in [-0.05, 0) is 28.1 Å². The Morgan fingerprint density at radius 2 is 1.73 bits per heavy atom. The molecule has 0 atom stereocenters. The Morgan fingerprint density at radius 1 is 1.33 bits per heavy atom. The number of esters is 1. The summed E-state index contributed by atoms with van der Waals surface area (Å²) in [6, 6.07) is 0. The summed E-state index contributed by atoms with van der Waals surface area (Å²) in [5, 5.41) is 8.04. The molecule has 0 radical (unpaired) electrons. The average molecular weight is 243 g/mol. The van der Waals surface area contributed by atoms with Gasteiger partial charge < -0.3 is 16.2 Å². The molecule has 5 nitrogen and oxygen atoms in total. The van der Waals surface area contributed by atoms with Crippen LogP contribution in [0.3, 0.4) is 0 Å². The summed E-state index contributed by atoms with van der Waals surface area (Å²) in [5.74, 6) is -1.79. The number of carbonyl (C=O) groups is 2. The fourth-order valence-electron chi connectivity index (χ4n) is 0.330. The van der Waals surface area contributed by atoms with E-state index in [4.69, 9.17) is 5.11 Å². The van der Waals surface area contributed by atoms with Crippen LogP contribution in [0.2, 0.25) is 0 Å². The number of hydrogen-bond donors (Lipinski definition) is 1. The van der Waals surface area contributed by atoms with Crippen molar-refractivity contribution in [2.45, 2.75) is 6.92 Å². The average Bonchev–Trinajstić information content (AvgIpc) is 2.00. The minimum atomic E-state index is -1.16. The molecule has 0 aliphatic rings. The molecule has 0 aromatic heterocycles. The number of nitrogens with zero attached hydrogens (tertiary/aromatic N) is 1. The van der Waals surface area contributed by atoms with E-state index in [0.717, 1.165) is 12.2 Å². The first-order valence-corrected chi connectivity index (χ1v) is 4.08. The largest absolute Gasteiger partial charge is 1.00 e. The first-order valence-electron chi connectivity index (χ1n) is 4.08. The third kappa shape index (κ3) is 31.4. The van der Waals surface area contributed by atoms with Crippen LogP contribution in [0.25, 0.3) is 0 Å². The van der Waals surface area contributed by atoms with Crippen molar-refractivity contribution in [1.82, 2.24) is 4.90 Å². The maximum absolute atomic E-state index is 10.4. The molecule has 0 bridgehead atoms. The molecular formula is C9H18KNO4. The summed E-state index contributed by atoms with van der Waals surface area (Å²) in [7, 11) is 6.00. The molecule has 0 saturated carbocycles. The van der Waals surface area contributed by atoms with Gasteiger partial charge in [-0.3, -0.25) is 0 Å². The smallest absolute Gasteiger partial charge is 1.00 e. The molecule has 0 spiro atoms. The van der Waals surface area contributed by atoms with Gasteiger partial charge >= 0.3 is 63.3 Å². The van der Waals surface area contributed by atoms with Crippen LogP contribution in [0.1, 0.15) is 8.35 Å². The number of ether oxygens (including phenoxy) is 1. The maximum Gasteiger partial charge on any atom is 1.00 e. The van der Waals surface area contributed by atoms with Crippen molar-refractivity contribution < 1.29 is 72.2 Å². The first kappa shape index (κ1) is 20.7. The molecule has 0 unspecified atom stereocenters. The molecule has 15 heavy (non-hydrogen) atoms. The van der Waals surface area contributed by atoms with E-state index in [9.17, 15) is 9.59 Å². The van der Waals surface area contributed by atoms with Gasteiger partial charge in [0.05, 0.1) is 6.61 Å². The van der Waals surface area contributed by atoms with Gasteiger partial charge in [0.25, 0.3) is 0 Å². The van der Waals surface area contributed by atoms with Gasteiger partial charge in [-0.2, -0.15) is 0 Å². The third-order valence-corrected chi connectivity index (χ3v) is 0.649. The summed E-state index contributed by atoms with van der Waals surface area (Å²) >= 11 is 0. The van der Waals surface area contributed by atoms with Crippen LogP contribution >= 0.6 is 0 Å². The predicted molar refractivity (Wildman–Crippen MR) is 54.1 cm³/mol. The van der Waals surface area contributed by atoms with Gasteiger partial charge in [-0.25, -0.2) is 9.59 Å². The van der Waals surface area contributed by atoms with Crippen LogP contribution in [0.15, 0.2) is 12.2 Å². The van der Waals surface area contributed by atoms with E-state index in [0.29, 0.717) is 0 Å². The molecule has 1 N–H and O–H groups in total. The van der Waals surface area contributed by atoms with Gasteiger partial charge in [0.2, 0.25) is 0 Å². The van der Waals surface area contributed by atoms with E-state index in [1.807, 2.05) is 26.0 Å². The van der Waals surface area contributed by atoms with Crippen LogP contribution in [0.4, 0.5) is 0 Å². The van der Waals surface area contributed by atoms with E-state index in [1.54, 1.807) is 6.92 Å². The Balaban J connectivity index is -0.000000105. The minimum Gasteiger partial charge on any atom is -1.00 e. The minimum absolute atomic E-state index is 0. The second kappa shape index (κ2) is 14.3. The summed E-state index contributed by atoms with van der Waals surface area (Å²) in [6.07, 6.45) is 1.60. The second-order valence-corrected chi connectivity index (χ2v) is 2.77. The van der Waals surface area contributed by atoms with E-state index >= 15 is 0 Å². The normalized spacial score (nSPS) is 8.87. The molecule has 6 heteroatoms. The molecule has 0 fully saturated rings. The van der Waals surface area contributed by atoms with Gasteiger partial charge in [-0.15, -0.1) is 0 Å². The molecule has 0 aromatic carbocycles. The van der Waals surface area contributed by atoms with E-state index in [1.165, 1.54) is 0 Å². The van der Waals surface area contributed by atoms with Crippen molar-refractivity contribution in [1.29, 1.82) is 0 Å². The number of aliphatic carboxylic acids is 1. The summed E-state index contributed by atoms with van der Waals surface area (Å²) in [4.78, 5) is 22.2. The van der Waals surface area contributed by atoms with Gasteiger partial charge in [-0.1, -0.05) is 0 Å². The summed E-state index contributed by atoms with van der Waals surface area (Å²) < 4.78 is 4.40. The molecular weight excluding hydrogens is 225 g/mol. The molecule has 0 aliphatic carbocycles. The standard InChI is InChI=1S/C6H8O4.C3H9N.K.H/c1-2-10-6(9)4-3-5(7)8;1-4(2)3;;/h3-4H,2H2,1H3,(H,7,8);1-3H3;;/q;;+1;-1/b4-3-;;;. The SMILES string of the molecule is CCOC(=O)/C=C\C(=O)O.CN(C)C.[H-].[K+]. The van der Waals surface area contributed by atoms with Crippen molar-refractivity contribution in [3.63, 3.8) is 0 Å². The first-order chi connectivity index (χ1) is 6.40. The van der Waals surface area contributed by atoms with E-state index in [-0.39, 0.29) is 59.4 Å². The predicted octanol–water partition coefficient (Wildman–Crippen LogP) is -2.52. The van der Waals surface area contributed by atoms with Crippen molar-refractivity contribution in [3.05, 3.63) is 12.2 Å². The second-order valence-electron chi connectivity index (χ2n) is 2.77. The number of carbonyl (C=O) groups excluding carboxylic acids is 1. The fourth-order valence-corrected chi connectivity index (χ4v) is 0.330. The van der Waals surface area contributed by atoms with E-state index < -0.39 is 11.9 Å². The molecule has 0 rings (SSSR count). The Kier molecular flexibility index (Phi) is 19.7. The summed E-state index contributed by atoms with van der Waals surface area (Å²) in [5.41, 5.74) is 0. The quantitative estimate of drug-likeness (QED) is 0.337. The number of carboxylic acid groups (broad SMARTS) is 1. The Labute approximate surface area is 134 Å². The van der Waals surface area contributed by atoms with E-state index in [2.05, 4.69) is 4.74 Å². The van der Waals surface area contributed by atoms with Gasteiger partial charge in [0, 0.05) is 12.2 Å². The van der Waals surface area contributed by atoms with Crippen molar-refractivity contribution in [2.75, 3.05) is 27.7 Å². The maximum atomic E-state index is 10.4. The fraction of sp³-hybridized carbons (Fsp3) is 0.556. The number of hydrogen-bond acceptors (Lipinski definition) is 4. The molecule has 0 aliphatic heterocycles. The van der Waals surface area contributed by atoms with Crippen molar-refractivity contribution in [3.8, 4) is 0 Å². The topological polar surface area (TPSA) is 66.8 Å². The van der Waals surface area contributed by atoms with Crippen LogP contribution in [0, 0.1) is 0 Å². The molecule has 0 saturated heterocycles. The van der Waals surface area contributed by atoms with Crippen molar-refractivity contribution >= 4 is 11.9 Å². The Morgan fingerprint density at radius 3 is 2.00 bits per heavy atom. The van der Waals surface area contributed by atoms with Crippen LogP contribution < -0.4 is 51.4 Å². The Hall–Kier alpha value is 0.276. The van der Waals surface area contributed by atoms with Gasteiger partial charge in [0.1, 0.15) is 0 Å². The zero-order valence-corrected chi connectivity index (χ0v) is 13.1. The van der Waals surface area contributed by atoms with Crippen LogP contribution in [-0.4, -0.2) is 49.7 Å². The number of carboxylic acids is 1. The monoisotopic (exact) mass is 243 g/mol. The van der Waals surface area contributed by atoms with Crippen molar-refractivity contribution in [2.24, 2.45) is 0 Å². The molecule has 0 aromatic rings. The number of rotatable bonds is 3. The third-order valence-electron chi connectivity index (χ3n) is 0.649. The zero-order valence-electron chi connectivity index (χ0n) is 11.0. The van der Waals surface area contributed by atoms with Gasteiger partial charge in [0.15, 0.2) is 0 Å².